The number of aryl methyl sites for hydroxylation is 1. The third-order valence-corrected chi connectivity index (χ3v) is 5.94. The number of hydrogen-bond donors (Lipinski definition) is 0. The van der Waals surface area contributed by atoms with Crippen molar-refractivity contribution in [3.8, 4) is 17.6 Å². The molecule has 2 aliphatic rings. The molecule has 2 aliphatic heterocycles. The molecule has 0 aliphatic carbocycles. The highest BCUT2D eigenvalue weighted by Crippen LogP contribution is 2.29. The molecule has 0 atom stereocenters. The Morgan fingerprint density at radius 1 is 1.06 bits per heavy atom. The van der Waals surface area contributed by atoms with Crippen LogP contribution in [0.3, 0.4) is 0 Å². The van der Waals surface area contributed by atoms with E-state index in [1.807, 2.05) is 19.1 Å². The van der Waals surface area contributed by atoms with Crippen LogP contribution < -0.4 is 4.74 Å². The first-order chi connectivity index (χ1) is 15.7. The minimum Gasteiger partial charge on any atom is -0.406 e. The summed E-state index contributed by atoms with van der Waals surface area (Å²) in [4.78, 5) is 19.3. The summed E-state index contributed by atoms with van der Waals surface area (Å²) in [5, 5.41) is 0. The monoisotopic (exact) mass is 457 g/mol. The first-order valence-electron chi connectivity index (χ1n) is 10.9. The maximum absolute atomic E-state index is 12.9. The molecule has 0 N–H and O–H groups in total. The molecule has 2 aromatic carbocycles. The van der Waals surface area contributed by atoms with Gasteiger partial charge in [-0.15, -0.1) is 13.2 Å². The number of ether oxygens (including phenoxy) is 1. The van der Waals surface area contributed by atoms with Crippen molar-refractivity contribution in [2.24, 2.45) is 0 Å². The largest absolute Gasteiger partial charge is 0.573 e. The molecule has 2 aromatic rings. The molecule has 4 rings (SSSR count). The zero-order valence-corrected chi connectivity index (χ0v) is 18.7. The molecule has 33 heavy (non-hydrogen) atoms. The Balaban J connectivity index is 1.41. The maximum atomic E-state index is 12.9. The minimum absolute atomic E-state index is 0.0740. The lowest BCUT2D eigenvalue weighted by molar-refractivity contribution is -0.274. The second kappa shape index (κ2) is 9.46. The first kappa shape index (κ1) is 23.1. The fourth-order valence-electron chi connectivity index (χ4n) is 4.20. The van der Waals surface area contributed by atoms with Gasteiger partial charge in [-0.25, -0.2) is 0 Å². The highest BCUT2D eigenvalue weighted by molar-refractivity contribution is 5.99. The molecule has 0 aromatic heterocycles. The second-order valence-corrected chi connectivity index (χ2v) is 8.56. The van der Waals surface area contributed by atoms with Gasteiger partial charge < -0.3 is 14.5 Å². The summed E-state index contributed by atoms with van der Waals surface area (Å²) in [7, 11) is 2.12. The molecule has 5 nitrogen and oxygen atoms in total. The summed E-state index contributed by atoms with van der Waals surface area (Å²) in [6.07, 6.45) is -4.73. The van der Waals surface area contributed by atoms with Crippen LogP contribution in [0.5, 0.6) is 5.75 Å². The smallest absolute Gasteiger partial charge is 0.406 e. The van der Waals surface area contributed by atoms with Crippen LogP contribution in [0.4, 0.5) is 13.2 Å². The van der Waals surface area contributed by atoms with Gasteiger partial charge in [-0.05, 0) is 54.9 Å². The fraction of sp³-hybridized carbons (Fsp3) is 0.400. The Hall–Kier alpha value is -3.02. The number of rotatable bonds is 4. The summed E-state index contributed by atoms with van der Waals surface area (Å²) in [6.45, 7) is 7.53. The van der Waals surface area contributed by atoms with Crippen molar-refractivity contribution in [3.05, 3.63) is 64.2 Å². The highest BCUT2D eigenvalue weighted by atomic mass is 19.4. The molecular weight excluding hydrogens is 431 g/mol. The van der Waals surface area contributed by atoms with Crippen LogP contribution in [0.1, 0.15) is 32.6 Å². The van der Waals surface area contributed by atoms with E-state index in [2.05, 4.69) is 33.4 Å². The Morgan fingerprint density at radius 3 is 2.42 bits per heavy atom. The van der Waals surface area contributed by atoms with Gasteiger partial charge in [0.2, 0.25) is 0 Å². The van der Waals surface area contributed by atoms with Gasteiger partial charge in [-0.1, -0.05) is 24.0 Å². The zero-order chi connectivity index (χ0) is 23.6. The predicted molar refractivity (Wildman–Crippen MR) is 119 cm³/mol. The standard InChI is InChI=1S/C25H26F3N3O2/c1-18-14-20(4-3-9-30-12-10-29(2)11-13-30)15-21-17-31(24(32)23(18)21)16-19-5-7-22(8-6-19)33-25(26,27)28/h5-8,14-15H,9-13,16-17H2,1-2H3. The molecule has 0 bridgehead atoms. The predicted octanol–water partition coefficient (Wildman–Crippen LogP) is 3.65. The third kappa shape index (κ3) is 5.86. The van der Waals surface area contributed by atoms with Crippen molar-refractivity contribution in [2.45, 2.75) is 26.4 Å². The quantitative estimate of drug-likeness (QED) is 0.657. The van der Waals surface area contributed by atoms with Gasteiger partial charge in [0, 0.05) is 50.4 Å². The number of likely N-dealkylation sites (N-methyl/N-ethyl adjacent to an activating group) is 1. The number of alkyl halides is 3. The van der Waals surface area contributed by atoms with Gasteiger partial charge in [0.05, 0.1) is 6.54 Å². The fourth-order valence-corrected chi connectivity index (χ4v) is 4.20. The van der Waals surface area contributed by atoms with Crippen molar-refractivity contribution in [2.75, 3.05) is 39.8 Å². The molecule has 0 saturated carbocycles. The Kier molecular flexibility index (Phi) is 6.63. The topological polar surface area (TPSA) is 36.0 Å². The number of carbonyl (C=O) groups is 1. The minimum atomic E-state index is -4.73. The maximum Gasteiger partial charge on any atom is 0.573 e. The average Bonchev–Trinajstić information content (AvgIpc) is 3.05. The second-order valence-electron chi connectivity index (χ2n) is 8.56. The van der Waals surface area contributed by atoms with E-state index in [0.29, 0.717) is 18.7 Å². The Labute approximate surface area is 191 Å². The summed E-state index contributed by atoms with van der Waals surface area (Å²) in [6, 6.07) is 9.52. The van der Waals surface area contributed by atoms with Gasteiger partial charge in [-0.2, -0.15) is 0 Å². The van der Waals surface area contributed by atoms with Crippen LogP contribution in [-0.4, -0.2) is 66.7 Å². The van der Waals surface area contributed by atoms with Crippen LogP contribution in [0.15, 0.2) is 36.4 Å². The van der Waals surface area contributed by atoms with E-state index in [1.54, 1.807) is 17.0 Å². The van der Waals surface area contributed by atoms with E-state index >= 15 is 0 Å². The summed E-state index contributed by atoms with van der Waals surface area (Å²) >= 11 is 0. The van der Waals surface area contributed by atoms with E-state index in [4.69, 9.17) is 0 Å². The lowest BCUT2D eigenvalue weighted by Crippen LogP contribution is -2.44. The van der Waals surface area contributed by atoms with Gasteiger partial charge in [0.1, 0.15) is 5.75 Å². The number of piperazine rings is 1. The van der Waals surface area contributed by atoms with Crippen molar-refractivity contribution >= 4 is 5.91 Å². The van der Waals surface area contributed by atoms with E-state index in [1.165, 1.54) is 12.1 Å². The van der Waals surface area contributed by atoms with Crippen LogP contribution in [0.2, 0.25) is 0 Å². The lowest BCUT2D eigenvalue weighted by Gasteiger charge is -2.30. The molecule has 2 heterocycles. The van der Waals surface area contributed by atoms with E-state index in [9.17, 15) is 18.0 Å². The zero-order valence-electron chi connectivity index (χ0n) is 18.7. The highest BCUT2D eigenvalue weighted by Gasteiger charge is 2.31. The molecule has 1 amide bonds. The third-order valence-electron chi connectivity index (χ3n) is 5.94. The SMILES string of the molecule is Cc1cc(C#CCN2CCN(C)CC2)cc2c1C(=O)N(Cc1ccc(OC(F)(F)F)cc1)C2. The molecule has 0 spiro atoms. The Morgan fingerprint density at radius 2 is 1.76 bits per heavy atom. The normalized spacial score (nSPS) is 17.0. The number of fused-ring (bicyclic) bond motifs is 1. The van der Waals surface area contributed by atoms with Gasteiger partial charge >= 0.3 is 6.36 Å². The number of nitrogens with zero attached hydrogens (tertiary/aromatic N) is 3. The van der Waals surface area contributed by atoms with Crippen LogP contribution in [-0.2, 0) is 13.1 Å². The molecular formula is C25H26F3N3O2. The van der Waals surface area contributed by atoms with Crippen LogP contribution >= 0.6 is 0 Å². The molecule has 0 radical (unpaired) electrons. The van der Waals surface area contributed by atoms with E-state index in [-0.39, 0.29) is 11.7 Å². The number of hydrogen-bond acceptors (Lipinski definition) is 4. The van der Waals surface area contributed by atoms with Crippen LogP contribution in [0, 0.1) is 18.8 Å². The molecule has 8 heteroatoms. The lowest BCUT2D eigenvalue weighted by atomic mass is 10.0. The Bertz CT molecular complexity index is 1080. The van der Waals surface area contributed by atoms with Crippen molar-refractivity contribution in [1.29, 1.82) is 0 Å². The molecule has 1 fully saturated rings. The summed E-state index contributed by atoms with van der Waals surface area (Å²) in [5.41, 5.74) is 4.13. The van der Waals surface area contributed by atoms with Gasteiger partial charge in [0.15, 0.2) is 0 Å². The van der Waals surface area contributed by atoms with E-state index < -0.39 is 6.36 Å². The number of benzene rings is 2. The van der Waals surface area contributed by atoms with Gasteiger partial charge in [0.25, 0.3) is 5.91 Å². The summed E-state index contributed by atoms with van der Waals surface area (Å²) in [5.74, 6) is 6.14. The first-order valence-corrected chi connectivity index (χ1v) is 10.9. The van der Waals surface area contributed by atoms with E-state index in [0.717, 1.165) is 55.0 Å². The van der Waals surface area contributed by atoms with Gasteiger partial charge in [-0.3, -0.25) is 9.69 Å². The van der Waals surface area contributed by atoms with Crippen LogP contribution in [0.25, 0.3) is 0 Å². The number of amides is 1. The number of carbonyl (C=O) groups excluding carboxylic acids is 1. The van der Waals surface area contributed by atoms with Crippen molar-refractivity contribution in [1.82, 2.24) is 14.7 Å². The van der Waals surface area contributed by atoms with Crippen molar-refractivity contribution < 1.29 is 22.7 Å². The molecule has 1 saturated heterocycles. The van der Waals surface area contributed by atoms with Crippen molar-refractivity contribution in [3.63, 3.8) is 0 Å². The molecule has 0 unspecified atom stereocenters. The number of halogens is 3. The summed E-state index contributed by atoms with van der Waals surface area (Å²) < 4.78 is 40.9. The molecule has 174 valence electrons. The average molecular weight is 457 g/mol.